The Labute approximate surface area is 113 Å². The molecule has 0 radical (unpaired) electrons. The first-order chi connectivity index (χ1) is 8.74. The molecule has 1 saturated heterocycles. The van der Waals surface area contributed by atoms with Gasteiger partial charge in [-0.3, -0.25) is 0 Å². The van der Waals surface area contributed by atoms with Crippen LogP contribution in [0.2, 0.25) is 5.28 Å². The van der Waals surface area contributed by atoms with Gasteiger partial charge >= 0.3 is 0 Å². The number of fused-ring (bicyclic) bond motifs is 1. The zero-order valence-corrected chi connectivity index (χ0v) is 11.4. The van der Waals surface area contributed by atoms with Gasteiger partial charge < -0.3 is 14.6 Å². The second-order valence-electron chi connectivity index (χ2n) is 4.45. The van der Waals surface area contributed by atoms with Crippen LogP contribution in [0.4, 0.5) is 5.82 Å². The van der Waals surface area contributed by atoms with Crippen molar-refractivity contribution in [1.82, 2.24) is 9.97 Å². The molecule has 0 aromatic carbocycles. The second-order valence-corrected chi connectivity index (χ2v) is 6.29. The predicted molar refractivity (Wildman–Crippen MR) is 69.5 cm³/mol. The summed E-state index contributed by atoms with van der Waals surface area (Å²) in [4.78, 5) is 9.09. The van der Waals surface area contributed by atoms with E-state index in [2.05, 4.69) is 15.3 Å². The van der Waals surface area contributed by atoms with E-state index in [0.29, 0.717) is 24.0 Å². The minimum Gasteiger partial charge on any atom is -0.611 e. The number of hydrogen-bond donors (Lipinski definition) is 1. The first-order valence-electron chi connectivity index (χ1n) is 6.03. The van der Waals surface area contributed by atoms with Crippen LogP contribution in [0.15, 0.2) is 4.90 Å². The molecule has 1 atom stereocenters. The lowest BCUT2D eigenvalue weighted by Gasteiger charge is -2.24. The van der Waals surface area contributed by atoms with Gasteiger partial charge in [-0.05, 0) is 35.6 Å². The summed E-state index contributed by atoms with van der Waals surface area (Å²) < 4.78 is 17.3. The molecule has 1 aromatic heterocycles. The molecule has 0 aliphatic carbocycles. The van der Waals surface area contributed by atoms with Crippen molar-refractivity contribution >= 4 is 28.6 Å². The van der Waals surface area contributed by atoms with Crippen molar-refractivity contribution in [2.24, 2.45) is 0 Å². The Morgan fingerprint density at radius 1 is 1.33 bits per heavy atom. The highest BCUT2D eigenvalue weighted by atomic mass is 35.5. The summed E-state index contributed by atoms with van der Waals surface area (Å²) in [7, 11) is 0. The summed E-state index contributed by atoms with van der Waals surface area (Å²) >= 11 is 4.91. The third kappa shape index (κ3) is 2.42. The largest absolute Gasteiger partial charge is 0.611 e. The lowest BCUT2D eigenvalue weighted by Crippen LogP contribution is -2.29. The number of nitrogens with zero attached hydrogens (tertiary/aromatic N) is 2. The van der Waals surface area contributed by atoms with Crippen molar-refractivity contribution in [3.8, 4) is 0 Å². The summed E-state index contributed by atoms with van der Waals surface area (Å²) in [6.07, 6.45) is 2.58. The minimum atomic E-state index is -0.999. The third-order valence-electron chi connectivity index (χ3n) is 3.22. The highest BCUT2D eigenvalue weighted by Gasteiger charge is 2.32. The van der Waals surface area contributed by atoms with Crippen LogP contribution in [0.3, 0.4) is 0 Å². The Balaban J connectivity index is 1.86. The Hall–Kier alpha value is -0.560. The number of anilines is 1. The highest BCUT2D eigenvalue weighted by molar-refractivity contribution is 7.91. The van der Waals surface area contributed by atoms with Crippen molar-refractivity contribution in [3.63, 3.8) is 0 Å². The smallest absolute Gasteiger partial charge is 0.224 e. The van der Waals surface area contributed by atoms with Crippen molar-refractivity contribution in [2.75, 3.05) is 24.3 Å². The molecule has 2 aliphatic heterocycles. The number of rotatable bonds is 2. The van der Waals surface area contributed by atoms with Gasteiger partial charge in [-0.25, -0.2) is 4.98 Å². The molecule has 7 heteroatoms. The molecule has 1 aromatic rings. The molecule has 18 heavy (non-hydrogen) atoms. The molecule has 3 heterocycles. The van der Waals surface area contributed by atoms with E-state index in [1.54, 1.807) is 0 Å². The molecule has 98 valence electrons. The van der Waals surface area contributed by atoms with E-state index in [-0.39, 0.29) is 5.28 Å². The van der Waals surface area contributed by atoms with Crippen molar-refractivity contribution in [3.05, 3.63) is 11.0 Å². The molecule has 2 aliphatic rings. The maximum absolute atomic E-state index is 12.0. The van der Waals surface area contributed by atoms with E-state index < -0.39 is 11.2 Å². The van der Waals surface area contributed by atoms with E-state index in [4.69, 9.17) is 16.3 Å². The van der Waals surface area contributed by atoms with Crippen LogP contribution in [-0.2, 0) is 22.3 Å². The molecule has 0 amide bonds. The zero-order valence-electron chi connectivity index (χ0n) is 9.82. The summed E-state index contributed by atoms with van der Waals surface area (Å²) in [6, 6.07) is 0.311. The molecule has 1 unspecified atom stereocenters. The van der Waals surface area contributed by atoms with Gasteiger partial charge in [-0.1, -0.05) is 0 Å². The van der Waals surface area contributed by atoms with Crippen molar-refractivity contribution < 1.29 is 9.29 Å². The fourth-order valence-corrected chi connectivity index (χ4v) is 3.80. The Morgan fingerprint density at radius 3 is 2.89 bits per heavy atom. The van der Waals surface area contributed by atoms with Crippen molar-refractivity contribution in [1.29, 1.82) is 0 Å². The predicted octanol–water partition coefficient (Wildman–Crippen LogP) is 1.38. The number of ether oxygens (including phenoxy) is 1. The lowest BCUT2D eigenvalue weighted by atomic mass is 10.1. The van der Waals surface area contributed by atoms with Gasteiger partial charge in [0.05, 0.1) is 0 Å². The molecule has 0 spiro atoms. The van der Waals surface area contributed by atoms with Gasteiger partial charge in [-0.15, -0.1) is 0 Å². The molecule has 0 bridgehead atoms. The van der Waals surface area contributed by atoms with Crippen LogP contribution >= 0.6 is 11.6 Å². The topological polar surface area (TPSA) is 70.1 Å². The zero-order chi connectivity index (χ0) is 12.5. The summed E-state index contributed by atoms with van der Waals surface area (Å²) in [5.74, 6) is 1.26. The molecule has 1 N–H and O–H groups in total. The van der Waals surface area contributed by atoms with E-state index in [1.165, 1.54) is 0 Å². The first kappa shape index (κ1) is 12.5. The number of hydrogen-bond acceptors (Lipinski definition) is 5. The van der Waals surface area contributed by atoms with Crippen LogP contribution in [0.1, 0.15) is 18.5 Å². The summed E-state index contributed by atoms with van der Waals surface area (Å²) in [5, 5.41) is 3.57. The maximum Gasteiger partial charge on any atom is 0.224 e. The fourth-order valence-electron chi connectivity index (χ4n) is 2.30. The monoisotopic (exact) mass is 287 g/mol. The summed E-state index contributed by atoms with van der Waals surface area (Å²) in [5.41, 5.74) is 0.822. The molecule has 3 rings (SSSR count). The van der Waals surface area contributed by atoms with Crippen LogP contribution < -0.4 is 5.32 Å². The van der Waals surface area contributed by atoms with E-state index in [9.17, 15) is 4.55 Å². The number of halogens is 1. The SMILES string of the molecule is [O-][S+]1CCc2nc(Cl)nc(NC3CCOCC3)c21. The van der Waals surface area contributed by atoms with Gasteiger partial charge in [-0.2, -0.15) is 4.98 Å². The first-order valence-corrected chi connectivity index (χ1v) is 7.73. The van der Waals surface area contributed by atoms with Gasteiger partial charge in [0.1, 0.15) is 11.4 Å². The van der Waals surface area contributed by atoms with Crippen molar-refractivity contribution in [2.45, 2.75) is 30.2 Å². The Morgan fingerprint density at radius 2 is 2.11 bits per heavy atom. The Bertz CT molecular complexity index is 454. The van der Waals surface area contributed by atoms with Gasteiger partial charge in [0.15, 0.2) is 5.82 Å². The number of aromatic nitrogens is 2. The van der Waals surface area contributed by atoms with Crippen LogP contribution in [0, 0.1) is 0 Å². The molecule has 5 nitrogen and oxygen atoms in total. The van der Waals surface area contributed by atoms with E-state index in [1.807, 2.05) is 0 Å². The van der Waals surface area contributed by atoms with Gasteiger partial charge in [0.25, 0.3) is 0 Å². The normalized spacial score (nSPS) is 24.0. The molecular weight excluding hydrogens is 274 g/mol. The molecule has 0 saturated carbocycles. The van der Waals surface area contributed by atoms with E-state index in [0.717, 1.165) is 36.6 Å². The minimum absolute atomic E-state index is 0.224. The second kappa shape index (κ2) is 5.21. The maximum atomic E-state index is 12.0. The van der Waals surface area contributed by atoms with Crippen LogP contribution in [0.25, 0.3) is 0 Å². The van der Waals surface area contributed by atoms with Crippen LogP contribution in [-0.4, -0.2) is 39.5 Å². The lowest BCUT2D eigenvalue weighted by molar-refractivity contribution is 0.0903. The molecular formula is C11H14ClN3O2S. The number of aryl methyl sites for hydroxylation is 1. The third-order valence-corrected chi connectivity index (χ3v) is 4.85. The average Bonchev–Trinajstić information content (AvgIpc) is 2.72. The fraction of sp³-hybridized carbons (Fsp3) is 0.636. The highest BCUT2D eigenvalue weighted by Crippen LogP contribution is 2.32. The average molecular weight is 288 g/mol. The number of nitrogens with one attached hydrogen (secondary N) is 1. The quantitative estimate of drug-likeness (QED) is 0.657. The Kier molecular flexibility index (Phi) is 3.61. The van der Waals surface area contributed by atoms with Gasteiger partial charge in [0.2, 0.25) is 10.2 Å². The van der Waals surface area contributed by atoms with Gasteiger partial charge in [0, 0.05) is 25.7 Å². The van der Waals surface area contributed by atoms with E-state index >= 15 is 0 Å². The molecule has 1 fully saturated rings. The summed E-state index contributed by atoms with van der Waals surface area (Å²) in [6.45, 7) is 1.50. The standard InChI is InChI=1S/C11H14ClN3O2S/c12-11-14-8-3-6-18(16)9(8)10(15-11)13-7-1-4-17-5-2-7/h7H,1-6H2,(H,13,14,15). The van der Waals surface area contributed by atoms with Crippen LogP contribution in [0.5, 0.6) is 0 Å².